The van der Waals surface area contributed by atoms with Gasteiger partial charge < -0.3 is 9.73 Å². The molecule has 2 rings (SSSR count). The highest BCUT2D eigenvalue weighted by Crippen LogP contribution is 2.16. The maximum atomic E-state index is 5.02. The van der Waals surface area contributed by atoms with E-state index in [0.29, 0.717) is 6.04 Å². The van der Waals surface area contributed by atoms with Gasteiger partial charge in [-0.1, -0.05) is 0 Å². The van der Waals surface area contributed by atoms with E-state index in [9.17, 15) is 0 Å². The summed E-state index contributed by atoms with van der Waals surface area (Å²) in [6.45, 7) is 5.04. The van der Waals surface area contributed by atoms with E-state index in [1.54, 1.807) is 12.5 Å². The van der Waals surface area contributed by atoms with Gasteiger partial charge in [0.1, 0.15) is 0 Å². The predicted octanol–water partition coefficient (Wildman–Crippen LogP) is 2.17. The summed E-state index contributed by atoms with van der Waals surface area (Å²) < 4.78 is 6.92. The standard InChI is InChI=1S/C12H17N3O/c1-9(12-7-14-15(3)10(12)2)13-6-11-4-5-16-8-11/h4-5,7-9,13H,6H2,1-3H3. The SMILES string of the molecule is Cc1c(C(C)NCc2ccoc2)cnn1C. The molecule has 1 atom stereocenters. The number of rotatable bonds is 4. The molecule has 2 heterocycles. The molecule has 2 aromatic heterocycles. The van der Waals surface area contributed by atoms with Crippen molar-refractivity contribution in [3.05, 3.63) is 41.6 Å². The van der Waals surface area contributed by atoms with Crippen molar-refractivity contribution in [2.24, 2.45) is 7.05 Å². The second-order valence-corrected chi connectivity index (χ2v) is 4.04. The summed E-state index contributed by atoms with van der Waals surface area (Å²) >= 11 is 0. The van der Waals surface area contributed by atoms with E-state index in [0.717, 1.165) is 12.1 Å². The molecular formula is C12H17N3O. The van der Waals surface area contributed by atoms with Gasteiger partial charge >= 0.3 is 0 Å². The molecule has 0 amide bonds. The number of hydrogen-bond acceptors (Lipinski definition) is 3. The highest BCUT2D eigenvalue weighted by Gasteiger charge is 2.11. The number of furan rings is 1. The van der Waals surface area contributed by atoms with Crippen LogP contribution in [0.3, 0.4) is 0 Å². The van der Waals surface area contributed by atoms with Crippen molar-refractivity contribution in [2.75, 3.05) is 0 Å². The van der Waals surface area contributed by atoms with E-state index < -0.39 is 0 Å². The van der Waals surface area contributed by atoms with Crippen LogP contribution in [0.4, 0.5) is 0 Å². The van der Waals surface area contributed by atoms with Crippen molar-refractivity contribution < 1.29 is 4.42 Å². The second kappa shape index (κ2) is 4.53. The van der Waals surface area contributed by atoms with Gasteiger partial charge in [-0.15, -0.1) is 0 Å². The molecule has 0 aliphatic rings. The normalized spacial score (nSPS) is 12.9. The molecule has 0 fully saturated rings. The third kappa shape index (κ3) is 2.17. The lowest BCUT2D eigenvalue weighted by atomic mass is 10.1. The topological polar surface area (TPSA) is 43.0 Å². The Morgan fingerprint density at radius 1 is 1.56 bits per heavy atom. The first-order valence-electron chi connectivity index (χ1n) is 5.41. The van der Waals surface area contributed by atoms with Gasteiger partial charge in [-0.2, -0.15) is 5.10 Å². The Labute approximate surface area is 95.3 Å². The number of hydrogen-bond donors (Lipinski definition) is 1. The average molecular weight is 219 g/mol. The molecule has 1 unspecified atom stereocenters. The lowest BCUT2D eigenvalue weighted by molar-refractivity contribution is 0.545. The molecule has 1 N–H and O–H groups in total. The number of nitrogens with zero attached hydrogens (tertiary/aromatic N) is 2. The van der Waals surface area contributed by atoms with E-state index in [2.05, 4.69) is 24.3 Å². The minimum absolute atomic E-state index is 0.295. The van der Waals surface area contributed by atoms with Gasteiger partial charge in [-0.05, 0) is 19.9 Å². The molecule has 0 radical (unpaired) electrons. The monoisotopic (exact) mass is 219 g/mol. The van der Waals surface area contributed by atoms with Crippen LogP contribution >= 0.6 is 0 Å². The van der Waals surface area contributed by atoms with Gasteiger partial charge in [0.25, 0.3) is 0 Å². The van der Waals surface area contributed by atoms with Crippen LogP contribution in [0.2, 0.25) is 0 Å². The lowest BCUT2D eigenvalue weighted by Gasteiger charge is -2.12. The number of aromatic nitrogens is 2. The zero-order chi connectivity index (χ0) is 11.5. The van der Waals surface area contributed by atoms with Gasteiger partial charge in [-0.25, -0.2) is 0 Å². The molecule has 0 spiro atoms. The minimum Gasteiger partial charge on any atom is -0.472 e. The number of aryl methyl sites for hydroxylation is 1. The fraction of sp³-hybridized carbons (Fsp3) is 0.417. The summed E-state index contributed by atoms with van der Waals surface area (Å²) in [7, 11) is 1.96. The number of nitrogens with one attached hydrogen (secondary N) is 1. The Kier molecular flexibility index (Phi) is 3.10. The van der Waals surface area contributed by atoms with Crippen molar-refractivity contribution in [3.63, 3.8) is 0 Å². The van der Waals surface area contributed by atoms with Crippen LogP contribution in [0, 0.1) is 6.92 Å². The van der Waals surface area contributed by atoms with Crippen molar-refractivity contribution in [1.29, 1.82) is 0 Å². The fourth-order valence-corrected chi connectivity index (χ4v) is 1.71. The minimum atomic E-state index is 0.295. The largest absolute Gasteiger partial charge is 0.472 e. The van der Waals surface area contributed by atoms with Crippen LogP contribution < -0.4 is 5.32 Å². The molecule has 0 aliphatic heterocycles. The quantitative estimate of drug-likeness (QED) is 0.857. The van der Waals surface area contributed by atoms with Gasteiger partial charge in [0.05, 0.1) is 18.7 Å². The van der Waals surface area contributed by atoms with Gasteiger partial charge in [0, 0.05) is 36.5 Å². The molecule has 0 bridgehead atoms. The van der Waals surface area contributed by atoms with Crippen LogP contribution in [-0.2, 0) is 13.6 Å². The molecule has 0 saturated carbocycles. The van der Waals surface area contributed by atoms with Crippen LogP contribution in [0.5, 0.6) is 0 Å². The summed E-state index contributed by atoms with van der Waals surface area (Å²) in [5.41, 5.74) is 3.60. The van der Waals surface area contributed by atoms with E-state index in [-0.39, 0.29) is 0 Å². The first-order valence-corrected chi connectivity index (χ1v) is 5.41. The molecule has 4 heteroatoms. The van der Waals surface area contributed by atoms with Crippen molar-refractivity contribution in [2.45, 2.75) is 26.4 Å². The molecule has 0 saturated heterocycles. The lowest BCUT2D eigenvalue weighted by Crippen LogP contribution is -2.18. The maximum Gasteiger partial charge on any atom is 0.0947 e. The van der Waals surface area contributed by atoms with Gasteiger partial charge in [0.2, 0.25) is 0 Å². The smallest absolute Gasteiger partial charge is 0.0947 e. The van der Waals surface area contributed by atoms with Crippen LogP contribution in [-0.4, -0.2) is 9.78 Å². The molecule has 0 aromatic carbocycles. The summed E-state index contributed by atoms with van der Waals surface area (Å²) in [6, 6.07) is 2.26. The third-order valence-electron chi connectivity index (χ3n) is 2.93. The second-order valence-electron chi connectivity index (χ2n) is 4.04. The Hall–Kier alpha value is -1.55. The van der Waals surface area contributed by atoms with E-state index in [1.807, 2.05) is 24.0 Å². The van der Waals surface area contributed by atoms with E-state index in [1.165, 1.54) is 11.3 Å². The first kappa shape index (κ1) is 11.0. The molecule has 4 nitrogen and oxygen atoms in total. The van der Waals surface area contributed by atoms with E-state index >= 15 is 0 Å². The summed E-state index contributed by atoms with van der Waals surface area (Å²) in [4.78, 5) is 0. The van der Waals surface area contributed by atoms with E-state index in [4.69, 9.17) is 4.42 Å². The van der Waals surface area contributed by atoms with Crippen molar-refractivity contribution >= 4 is 0 Å². The van der Waals surface area contributed by atoms with Crippen LogP contribution in [0.1, 0.15) is 29.8 Å². The Morgan fingerprint density at radius 2 is 2.38 bits per heavy atom. The Balaban J connectivity index is 1.98. The highest BCUT2D eigenvalue weighted by molar-refractivity contribution is 5.20. The zero-order valence-electron chi connectivity index (χ0n) is 9.90. The third-order valence-corrected chi connectivity index (χ3v) is 2.93. The molecule has 16 heavy (non-hydrogen) atoms. The first-order chi connectivity index (χ1) is 7.68. The van der Waals surface area contributed by atoms with Gasteiger partial charge in [0.15, 0.2) is 0 Å². The average Bonchev–Trinajstić information content (AvgIpc) is 2.88. The molecule has 86 valence electrons. The van der Waals surface area contributed by atoms with Crippen molar-refractivity contribution in [1.82, 2.24) is 15.1 Å². The highest BCUT2D eigenvalue weighted by atomic mass is 16.3. The predicted molar refractivity (Wildman–Crippen MR) is 61.9 cm³/mol. The summed E-state index contributed by atoms with van der Waals surface area (Å²) in [5, 5.41) is 7.68. The Bertz CT molecular complexity index is 445. The van der Waals surface area contributed by atoms with Gasteiger partial charge in [-0.3, -0.25) is 4.68 Å². The zero-order valence-corrected chi connectivity index (χ0v) is 9.90. The van der Waals surface area contributed by atoms with Crippen LogP contribution in [0.25, 0.3) is 0 Å². The Morgan fingerprint density at radius 3 is 2.94 bits per heavy atom. The molecule has 0 aliphatic carbocycles. The maximum absolute atomic E-state index is 5.02. The van der Waals surface area contributed by atoms with Crippen LogP contribution in [0.15, 0.2) is 29.2 Å². The summed E-state index contributed by atoms with van der Waals surface area (Å²) in [5.74, 6) is 0. The molecular weight excluding hydrogens is 202 g/mol. The summed E-state index contributed by atoms with van der Waals surface area (Å²) in [6.07, 6.45) is 5.37. The van der Waals surface area contributed by atoms with Crippen molar-refractivity contribution in [3.8, 4) is 0 Å². The fourth-order valence-electron chi connectivity index (χ4n) is 1.71. The molecule has 2 aromatic rings.